The maximum absolute atomic E-state index is 13.0. The molecule has 0 aromatic rings. The maximum Gasteiger partial charge on any atom is 0.472 e. The molecule has 88 heavy (non-hydrogen) atoms. The average Bonchev–Trinajstić information content (AvgIpc) is 3.56. The molecule has 3 N–H and O–H groups in total. The molecule has 0 aliphatic carbocycles. The van der Waals surface area contributed by atoms with E-state index in [9.17, 15) is 43.2 Å². The molecule has 0 heterocycles. The Labute approximate surface area is 537 Å². The van der Waals surface area contributed by atoms with E-state index in [2.05, 4.69) is 41.5 Å². The van der Waals surface area contributed by atoms with Crippen LogP contribution in [0.25, 0.3) is 0 Å². The second-order valence-electron chi connectivity index (χ2n) is 25.9. The van der Waals surface area contributed by atoms with Crippen LogP contribution >= 0.6 is 15.6 Å². The van der Waals surface area contributed by atoms with Crippen LogP contribution in [-0.4, -0.2) is 96.7 Å². The predicted octanol–water partition coefficient (Wildman–Crippen LogP) is 19.6. The van der Waals surface area contributed by atoms with E-state index in [1.807, 2.05) is 0 Å². The standard InChI is InChI=1S/C69H134O17P2/c1-7-9-11-13-14-15-16-17-18-24-30-35-41-47-53-68(73)85-64(57-79-66(71)51-45-37-12-10-8-2)59-83-87(75,76)81-55-63(70)56-82-88(77,78)84-60-65(58-80-67(72)52-46-40-34-29-26-21-23-28-33-39-44-50-62(5)6)86-69(74)54-48-42-36-31-25-20-19-22-27-32-38-43-49-61(3)4/h61-65,70H,7-60H2,1-6H3,(H,75,76)(H,77,78)/t63-,64+,65+/m0/s1. The van der Waals surface area contributed by atoms with Crippen LogP contribution in [0.5, 0.6) is 0 Å². The van der Waals surface area contributed by atoms with Crippen LogP contribution in [0.3, 0.4) is 0 Å². The van der Waals surface area contributed by atoms with Crippen LogP contribution in [-0.2, 0) is 65.4 Å². The zero-order valence-corrected chi connectivity index (χ0v) is 58.8. The van der Waals surface area contributed by atoms with Gasteiger partial charge in [0.2, 0.25) is 0 Å². The highest BCUT2D eigenvalue weighted by Crippen LogP contribution is 2.45. The molecule has 0 saturated heterocycles. The quantitative estimate of drug-likeness (QED) is 0.0222. The summed E-state index contributed by atoms with van der Waals surface area (Å²) in [7, 11) is -9.89. The van der Waals surface area contributed by atoms with Crippen molar-refractivity contribution in [3.63, 3.8) is 0 Å². The Kier molecular flexibility index (Phi) is 59.9. The molecule has 0 fully saturated rings. The van der Waals surface area contributed by atoms with Crippen molar-refractivity contribution in [3.05, 3.63) is 0 Å². The first-order chi connectivity index (χ1) is 42.4. The van der Waals surface area contributed by atoms with E-state index >= 15 is 0 Å². The zero-order chi connectivity index (χ0) is 65.0. The number of ether oxygens (including phenoxy) is 4. The Bertz CT molecular complexity index is 1720. The molecule has 0 radical (unpaired) electrons. The SMILES string of the molecule is CCCCCCCCCCCCCCCCC(=O)O[C@H](COC(=O)CCCCCCC)COP(=O)(O)OC[C@H](O)COP(=O)(O)OC[C@@H](COC(=O)CCCCCCCCCCCCCC(C)C)OC(=O)CCCCCCCCCCCCCCC(C)C. The van der Waals surface area contributed by atoms with Gasteiger partial charge in [-0.05, 0) is 37.5 Å². The lowest BCUT2D eigenvalue weighted by Gasteiger charge is -2.21. The van der Waals surface area contributed by atoms with Crippen molar-refractivity contribution < 1.29 is 80.2 Å². The number of phosphoric acid groups is 2. The van der Waals surface area contributed by atoms with Crippen molar-refractivity contribution in [2.24, 2.45) is 11.8 Å². The van der Waals surface area contributed by atoms with Crippen molar-refractivity contribution in [2.45, 2.75) is 368 Å². The molecule has 0 saturated carbocycles. The van der Waals surface area contributed by atoms with E-state index in [-0.39, 0.29) is 25.7 Å². The lowest BCUT2D eigenvalue weighted by molar-refractivity contribution is -0.161. The summed E-state index contributed by atoms with van der Waals surface area (Å²) in [4.78, 5) is 72.3. The third kappa shape index (κ3) is 62.8. The normalized spacial score (nSPS) is 14.2. The van der Waals surface area contributed by atoms with Crippen LogP contribution in [0, 0.1) is 11.8 Å². The second-order valence-corrected chi connectivity index (χ2v) is 28.8. The second kappa shape index (κ2) is 61.3. The summed E-state index contributed by atoms with van der Waals surface area (Å²) >= 11 is 0. The summed E-state index contributed by atoms with van der Waals surface area (Å²) in [6.07, 6.45) is 46.1. The van der Waals surface area contributed by atoms with Gasteiger partial charge in [0, 0.05) is 25.7 Å². The summed E-state index contributed by atoms with van der Waals surface area (Å²) in [5.74, 6) is -0.587. The number of rotatable bonds is 68. The summed E-state index contributed by atoms with van der Waals surface area (Å²) in [6, 6.07) is 0. The Balaban J connectivity index is 5.16. The lowest BCUT2D eigenvalue weighted by Crippen LogP contribution is -2.30. The minimum Gasteiger partial charge on any atom is -0.462 e. The van der Waals surface area contributed by atoms with Crippen molar-refractivity contribution >= 4 is 39.5 Å². The number of hydrogen-bond donors (Lipinski definition) is 3. The van der Waals surface area contributed by atoms with Crippen LogP contribution in [0.4, 0.5) is 0 Å². The monoisotopic (exact) mass is 1300 g/mol. The van der Waals surface area contributed by atoms with E-state index in [1.165, 1.54) is 161 Å². The van der Waals surface area contributed by atoms with E-state index < -0.39 is 97.5 Å². The van der Waals surface area contributed by atoms with Crippen LogP contribution in [0.1, 0.15) is 350 Å². The van der Waals surface area contributed by atoms with Crippen molar-refractivity contribution in [1.29, 1.82) is 0 Å². The highest BCUT2D eigenvalue weighted by Gasteiger charge is 2.30. The molecule has 0 amide bonds. The largest absolute Gasteiger partial charge is 0.472 e. The molecule has 0 rings (SSSR count). The van der Waals surface area contributed by atoms with E-state index in [0.29, 0.717) is 25.7 Å². The number of carbonyl (C=O) groups is 4. The zero-order valence-electron chi connectivity index (χ0n) is 57.0. The molecule has 522 valence electrons. The molecule has 5 atom stereocenters. The predicted molar refractivity (Wildman–Crippen MR) is 354 cm³/mol. The fourth-order valence-electron chi connectivity index (χ4n) is 10.4. The van der Waals surface area contributed by atoms with Gasteiger partial charge in [-0.25, -0.2) is 9.13 Å². The summed E-state index contributed by atoms with van der Waals surface area (Å²) in [6.45, 7) is 9.47. The number of esters is 4. The minimum atomic E-state index is -4.95. The molecule has 0 aliphatic heterocycles. The van der Waals surface area contributed by atoms with Crippen molar-refractivity contribution in [1.82, 2.24) is 0 Å². The smallest absolute Gasteiger partial charge is 0.462 e. The van der Waals surface area contributed by atoms with E-state index in [0.717, 1.165) is 108 Å². The first-order valence-electron chi connectivity index (χ1n) is 36.0. The molecular formula is C69H134O17P2. The van der Waals surface area contributed by atoms with Gasteiger partial charge in [-0.1, -0.05) is 298 Å². The van der Waals surface area contributed by atoms with Gasteiger partial charge in [-0.2, -0.15) is 0 Å². The Morgan fingerprint density at radius 3 is 0.773 bits per heavy atom. The molecule has 2 unspecified atom stereocenters. The number of hydrogen-bond acceptors (Lipinski definition) is 15. The van der Waals surface area contributed by atoms with E-state index in [1.54, 1.807) is 0 Å². The molecule has 0 aromatic heterocycles. The fourth-order valence-corrected chi connectivity index (χ4v) is 12.0. The molecular weight excluding hydrogens is 1160 g/mol. The molecule has 17 nitrogen and oxygen atoms in total. The summed E-state index contributed by atoms with van der Waals surface area (Å²) < 4.78 is 68.1. The number of carbonyl (C=O) groups excluding carboxylic acids is 4. The Morgan fingerprint density at radius 1 is 0.307 bits per heavy atom. The van der Waals surface area contributed by atoms with Gasteiger partial charge < -0.3 is 33.8 Å². The minimum absolute atomic E-state index is 0.107. The van der Waals surface area contributed by atoms with Crippen molar-refractivity contribution in [2.75, 3.05) is 39.6 Å². The first-order valence-corrected chi connectivity index (χ1v) is 39.0. The Morgan fingerprint density at radius 2 is 0.523 bits per heavy atom. The summed E-state index contributed by atoms with van der Waals surface area (Å²) in [5.41, 5.74) is 0. The Hall–Kier alpha value is -1.94. The number of aliphatic hydroxyl groups excluding tert-OH is 1. The fraction of sp³-hybridized carbons (Fsp3) is 0.942. The van der Waals surface area contributed by atoms with Gasteiger partial charge in [-0.15, -0.1) is 0 Å². The van der Waals surface area contributed by atoms with Gasteiger partial charge in [0.15, 0.2) is 12.2 Å². The van der Waals surface area contributed by atoms with Gasteiger partial charge in [-0.3, -0.25) is 37.3 Å². The summed E-state index contributed by atoms with van der Waals surface area (Å²) in [5, 5.41) is 10.6. The number of aliphatic hydroxyl groups is 1. The van der Waals surface area contributed by atoms with Crippen molar-refractivity contribution in [3.8, 4) is 0 Å². The highest BCUT2D eigenvalue weighted by atomic mass is 31.2. The van der Waals surface area contributed by atoms with Crippen LogP contribution in [0.15, 0.2) is 0 Å². The average molecular weight is 1300 g/mol. The molecule has 0 bridgehead atoms. The third-order valence-electron chi connectivity index (χ3n) is 16.0. The van der Waals surface area contributed by atoms with Crippen LogP contribution < -0.4 is 0 Å². The molecule has 0 aromatic carbocycles. The van der Waals surface area contributed by atoms with Gasteiger partial charge >= 0.3 is 39.5 Å². The van der Waals surface area contributed by atoms with Crippen LogP contribution in [0.2, 0.25) is 0 Å². The third-order valence-corrected chi connectivity index (χ3v) is 17.9. The number of unbranched alkanes of at least 4 members (excludes halogenated alkanes) is 38. The first kappa shape index (κ1) is 86.1. The van der Waals surface area contributed by atoms with Gasteiger partial charge in [0.25, 0.3) is 0 Å². The molecule has 19 heteroatoms. The highest BCUT2D eigenvalue weighted by molar-refractivity contribution is 7.47. The molecule has 0 aliphatic rings. The van der Waals surface area contributed by atoms with E-state index in [4.69, 9.17) is 37.0 Å². The van der Waals surface area contributed by atoms with Gasteiger partial charge in [0.05, 0.1) is 26.4 Å². The van der Waals surface area contributed by atoms with Gasteiger partial charge in [0.1, 0.15) is 19.3 Å². The maximum atomic E-state index is 13.0. The number of phosphoric ester groups is 2. The topological polar surface area (TPSA) is 237 Å². The lowest BCUT2D eigenvalue weighted by atomic mass is 10.0. The molecule has 0 spiro atoms.